The molecule has 0 radical (unpaired) electrons. The molecule has 0 unspecified atom stereocenters. The number of esters is 1. The van der Waals surface area contributed by atoms with Crippen molar-refractivity contribution in [1.82, 2.24) is 4.98 Å². The minimum Gasteiger partial charge on any atom is -0.426 e. The second-order valence-corrected chi connectivity index (χ2v) is 8.66. The van der Waals surface area contributed by atoms with Crippen LogP contribution in [0.25, 0.3) is 10.2 Å². The van der Waals surface area contributed by atoms with Crippen LogP contribution in [0.4, 0.5) is 5.69 Å². The lowest BCUT2D eigenvalue weighted by Crippen LogP contribution is -2.38. The Labute approximate surface area is 184 Å². The summed E-state index contributed by atoms with van der Waals surface area (Å²) in [6.45, 7) is 3.34. The molecule has 0 fully saturated rings. The number of rotatable bonds is 6. The first kappa shape index (κ1) is 20.8. The maximum atomic E-state index is 13.4. The Balaban J connectivity index is 1.62. The van der Waals surface area contributed by atoms with Gasteiger partial charge in [0.15, 0.2) is 0 Å². The molecule has 4 aromatic rings. The molecule has 4 rings (SSSR count). The fourth-order valence-electron chi connectivity index (χ4n) is 3.43. The van der Waals surface area contributed by atoms with E-state index in [9.17, 15) is 9.59 Å². The van der Waals surface area contributed by atoms with Gasteiger partial charge in [-0.1, -0.05) is 42.5 Å². The van der Waals surface area contributed by atoms with Gasteiger partial charge >= 0.3 is 5.97 Å². The van der Waals surface area contributed by atoms with Crippen molar-refractivity contribution in [3.63, 3.8) is 0 Å². The van der Waals surface area contributed by atoms with Gasteiger partial charge in [0.2, 0.25) is 5.91 Å². The van der Waals surface area contributed by atoms with Crippen LogP contribution in [-0.4, -0.2) is 16.9 Å². The van der Waals surface area contributed by atoms with E-state index in [1.54, 1.807) is 35.6 Å². The number of amides is 1. The summed E-state index contributed by atoms with van der Waals surface area (Å²) in [5.41, 5.74) is 1.53. The van der Waals surface area contributed by atoms with Gasteiger partial charge in [-0.2, -0.15) is 0 Å². The lowest BCUT2D eigenvalue weighted by Gasteiger charge is -2.27. The highest BCUT2D eigenvalue weighted by atomic mass is 32.1. The maximum Gasteiger partial charge on any atom is 0.322 e. The van der Waals surface area contributed by atoms with Gasteiger partial charge in [-0.3, -0.25) is 9.59 Å². The van der Waals surface area contributed by atoms with E-state index in [1.165, 1.54) is 6.92 Å². The molecule has 156 valence electrons. The minimum atomic E-state index is -0.911. The third-order valence-corrected chi connectivity index (χ3v) is 6.13. The van der Waals surface area contributed by atoms with Gasteiger partial charge < -0.3 is 10.1 Å². The summed E-state index contributed by atoms with van der Waals surface area (Å²) in [4.78, 5) is 29.3. The third-order valence-electron chi connectivity index (χ3n) is 5.09. The molecule has 31 heavy (non-hydrogen) atoms. The topological polar surface area (TPSA) is 68.3 Å². The van der Waals surface area contributed by atoms with Crippen molar-refractivity contribution in [2.45, 2.75) is 25.7 Å². The molecule has 5 nitrogen and oxygen atoms in total. The standard InChI is InChI=1S/C25H22N2O3S/c1-17(28)26-19-12-14-20(15-13-19)30-24(29)25(2,18-8-4-3-5-9-18)16-23-27-21-10-6-7-11-22(21)31-23/h3-15H,16H2,1-2H3,(H,26,28)/t25-/m1/s1. The Morgan fingerprint density at radius 2 is 1.65 bits per heavy atom. The van der Waals surface area contributed by atoms with E-state index in [4.69, 9.17) is 9.72 Å². The van der Waals surface area contributed by atoms with Gasteiger partial charge in [0, 0.05) is 19.0 Å². The number of hydrogen-bond acceptors (Lipinski definition) is 5. The second kappa shape index (κ2) is 8.70. The van der Waals surface area contributed by atoms with Gasteiger partial charge in [0.1, 0.15) is 5.75 Å². The van der Waals surface area contributed by atoms with Crippen LogP contribution in [0.3, 0.4) is 0 Å². The van der Waals surface area contributed by atoms with Crippen LogP contribution >= 0.6 is 11.3 Å². The molecule has 1 heterocycles. The van der Waals surface area contributed by atoms with Gasteiger partial charge in [-0.05, 0) is 48.9 Å². The summed E-state index contributed by atoms with van der Waals surface area (Å²) >= 11 is 1.59. The zero-order valence-corrected chi connectivity index (χ0v) is 18.1. The Bertz CT molecular complexity index is 1190. The van der Waals surface area contributed by atoms with Crippen molar-refractivity contribution in [3.8, 4) is 5.75 Å². The molecule has 0 bridgehead atoms. The van der Waals surface area contributed by atoms with Crippen molar-refractivity contribution >= 4 is 39.1 Å². The summed E-state index contributed by atoms with van der Waals surface area (Å²) in [6, 6.07) is 24.4. The van der Waals surface area contributed by atoms with Crippen LogP contribution in [0, 0.1) is 0 Å². The molecule has 1 aromatic heterocycles. The van der Waals surface area contributed by atoms with Crippen molar-refractivity contribution in [2.75, 3.05) is 5.32 Å². The first-order chi connectivity index (χ1) is 14.9. The normalized spacial score (nSPS) is 12.8. The third kappa shape index (κ3) is 4.64. The summed E-state index contributed by atoms with van der Waals surface area (Å²) < 4.78 is 6.86. The zero-order valence-electron chi connectivity index (χ0n) is 17.3. The van der Waals surface area contributed by atoms with Crippen LogP contribution in [-0.2, 0) is 21.4 Å². The summed E-state index contributed by atoms with van der Waals surface area (Å²) in [7, 11) is 0. The zero-order chi connectivity index (χ0) is 21.8. The number of anilines is 1. The maximum absolute atomic E-state index is 13.4. The van der Waals surface area contributed by atoms with Crippen LogP contribution in [0.2, 0.25) is 0 Å². The van der Waals surface area contributed by atoms with Crippen molar-refractivity contribution < 1.29 is 14.3 Å². The van der Waals surface area contributed by atoms with Crippen LogP contribution in [0.15, 0.2) is 78.9 Å². The second-order valence-electron chi connectivity index (χ2n) is 7.55. The average Bonchev–Trinajstić information content (AvgIpc) is 3.17. The minimum absolute atomic E-state index is 0.155. The molecule has 0 aliphatic carbocycles. The molecule has 0 saturated carbocycles. The molecule has 0 spiro atoms. The first-order valence-electron chi connectivity index (χ1n) is 9.94. The van der Waals surface area contributed by atoms with E-state index in [0.717, 1.165) is 20.8 Å². The molecule has 0 aliphatic heterocycles. The van der Waals surface area contributed by atoms with E-state index < -0.39 is 5.41 Å². The average molecular weight is 431 g/mol. The van der Waals surface area contributed by atoms with Gasteiger partial charge in [-0.15, -0.1) is 11.3 Å². The molecule has 3 aromatic carbocycles. The van der Waals surface area contributed by atoms with E-state index in [1.807, 2.05) is 61.5 Å². The van der Waals surface area contributed by atoms with Crippen LogP contribution < -0.4 is 10.1 Å². The van der Waals surface area contributed by atoms with Gasteiger partial charge in [0.05, 0.1) is 20.6 Å². The Morgan fingerprint density at radius 1 is 0.968 bits per heavy atom. The number of fused-ring (bicyclic) bond motifs is 1. The lowest BCUT2D eigenvalue weighted by atomic mass is 9.79. The SMILES string of the molecule is CC(=O)Nc1ccc(OC(=O)[C@](C)(Cc2nc3ccccc3s2)c2ccccc2)cc1. The first-order valence-corrected chi connectivity index (χ1v) is 10.8. The highest BCUT2D eigenvalue weighted by Crippen LogP contribution is 2.33. The molecular weight excluding hydrogens is 408 g/mol. The highest BCUT2D eigenvalue weighted by Gasteiger charge is 2.38. The van der Waals surface area contributed by atoms with E-state index in [-0.39, 0.29) is 11.9 Å². The number of benzene rings is 3. The Hall–Kier alpha value is -3.51. The number of thiazole rings is 1. The van der Waals surface area contributed by atoms with E-state index in [0.29, 0.717) is 17.9 Å². The number of para-hydroxylation sites is 1. The molecular formula is C25H22N2O3S. The molecule has 1 amide bonds. The van der Waals surface area contributed by atoms with Crippen molar-refractivity contribution in [3.05, 3.63) is 89.4 Å². The predicted octanol–water partition coefficient (Wildman–Crippen LogP) is 5.36. The smallest absolute Gasteiger partial charge is 0.322 e. The number of ether oxygens (including phenoxy) is 1. The fourth-order valence-corrected chi connectivity index (χ4v) is 4.55. The number of nitrogens with zero attached hydrogens (tertiary/aromatic N) is 1. The van der Waals surface area contributed by atoms with Crippen LogP contribution in [0.5, 0.6) is 5.75 Å². The number of aromatic nitrogens is 1. The van der Waals surface area contributed by atoms with Gasteiger partial charge in [0.25, 0.3) is 0 Å². The summed E-state index contributed by atoms with van der Waals surface area (Å²) in [5.74, 6) is -0.0898. The monoisotopic (exact) mass is 430 g/mol. The van der Waals surface area contributed by atoms with Crippen LogP contribution in [0.1, 0.15) is 24.4 Å². The molecule has 0 saturated heterocycles. The van der Waals surface area contributed by atoms with E-state index in [2.05, 4.69) is 5.32 Å². The number of carbonyl (C=O) groups excluding carboxylic acids is 2. The Morgan fingerprint density at radius 3 is 2.32 bits per heavy atom. The highest BCUT2D eigenvalue weighted by molar-refractivity contribution is 7.18. The molecule has 6 heteroatoms. The van der Waals surface area contributed by atoms with Crippen molar-refractivity contribution in [1.29, 1.82) is 0 Å². The van der Waals surface area contributed by atoms with E-state index >= 15 is 0 Å². The van der Waals surface area contributed by atoms with Crippen molar-refractivity contribution in [2.24, 2.45) is 0 Å². The fraction of sp³-hybridized carbons (Fsp3) is 0.160. The molecule has 1 N–H and O–H groups in total. The summed E-state index contributed by atoms with van der Waals surface area (Å²) in [5, 5.41) is 3.58. The molecule has 0 aliphatic rings. The summed E-state index contributed by atoms with van der Waals surface area (Å²) in [6.07, 6.45) is 0.430. The molecule has 1 atom stereocenters. The largest absolute Gasteiger partial charge is 0.426 e. The number of hydrogen-bond donors (Lipinski definition) is 1. The number of nitrogens with one attached hydrogen (secondary N) is 1. The lowest BCUT2D eigenvalue weighted by molar-refractivity contribution is -0.140. The Kier molecular flexibility index (Phi) is 5.82. The number of carbonyl (C=O) groups is 2. The predicted molar refractivity (Wildman–Crippen MR) is 123 cm³/mol. The quantitative estimate of drug-likeness (QED) is 0.330. The van der Waals surface area contributed by atoms with Gasteiger partial charge in [-0.25, -0.2) is 4.98 Å².